The van der Waals surface area contributed by atoms with Gasteiger partial charge in [-0.3, -0.25) is 19.3 Å². The third kappa shape index (κ3) is 3.99. The lowest BCUT2D eigenvalue weighted by Crippen LogP contribution is -2.40. The van der Waals surface area contributed by atoms with Crippen molar-refractivity contribution in [3.8, 4) is 10.6 Å². The van der Waals surface area contributed by atoms with Crippen molar-refractivity contribution in [3.63, 3.8) is 0 Å². The van der Waals surface area contributed by atoms with Crippen LogP contribution in [0.3, 0.4) is 0 Å². The zero-order valence-electron chi connectivity index (χ0n) is 16.1. The number of carbonyl (C=O) groups excluding carboxylic acids is 3. The molecule has 0 spiro atoms. The highest BCUT2D eigenvalue weighted by molar-refractivity contribution is 7.17. The zero-order chi connectivity index (χ0) is 21.3. The van der Waals surface area contributed by atoms with Gasteiger partial charge in [0.25, 0.3) is 5.91 Å². The largest absolute Gasteiger partial charge is 0.321 e. The lowest BCUT2D eigenvalue weighted by molar-refractivity contribution is -0.129. The molecule has 1 N–H and O–H groups in total. The minimum Gasteiger partial charge on any atom is -0.321 e. The van der Waals surface area contributed by atoms with E-state index >= 15 is 0 Å². The van der Waals surface area contributed by atoms with Crippen molar-refractivity contribution in [2.75, 3.05) is 10.2 Å². The Balaban J connectivity index is 1.51. The maximum atomic E-state index is 12.8. The Morgan fingerprint density at radius 2 is 1.73 bits per heavy atom. The van der Waals surface area contributed by atoms with Crippen LogP contribution in [-0.4, -0.2) is 22.7 Å². The third-order valence-electron chi connectivity index (χ3n) is 4.77. The predicted molar refractivity (Wildman–Crippen MR) is 118 cm³/mol. The van der Waals surface area contributed by atoms with Crippen LogP contribution in [0.15, 0.2) is 48.5 Å². The first-order chi connectivity index (χ1) is 14.4. The molecule has 0 saturated carbocycles. The standard InChI is InChI=1S/C22H18ClN3O3S/c1-13-20(30-22(24-13)16-5-2-3-6-17(16)23)21(29)25-14-9-11-15(12-10-14)26-18(27)7-4-8-19(26)28/h2-3,5-6,9-12H,4,7-8H2,1H3,(H,25,29). The van der Waals surface area contributed by atoms with Crippen molar-refractivity contribution in [1.29, 1.82) is 0 Å². The van der Waals surface area contributed by atoms with Crippen molar-refractivity contribution < 1.29 is 14.4 Å². The minimum atomic E-state index is -0.277. The van der Waals surface area contributed by atoms with Crippen molar-refractivity contribution in [3.05, 3.63) is 64.1 Å². The molecule has 30 heavy (non-hydrogen) atoms. The number of carbonyl (C=O) groups is 3. The molecule has 1 aliphatic heterocycles. The summed E-state index contributed by atoms with van der Waals surface area (Å²) in [6.07, 6.45) is 1.32. The van der Waals surface area contributed by atoms with Gasteiger partial charge in [-0.2, -0.15) is 0 Å². The Morgan fingerprint density at radius 1 is 1.07 bits per heavy atom. The number of piperidine rings is 1. The number of nitrogens with one attached hydrogen (secondary N) is 1. The lowest BCUT2D eigenvalue weighted by atomic mass is 10.1. The van der Waals surface area contributed by atoms with Crippen LogP contribution in [0.1, 0.15) is 34.6 Å². The smallest absolute Gasteiger partial charge is 0.267 e. The lowest BCUT2D eigenvalue weighted by Gasteiger charge is -2.24. The van der Waals surface area contributed by atoms with Crippen molar-refractivity contribution >= 4 is 52.0 Å². The van der Waals surface area contributed by atoms with Gasteiger partial charge in [-0.05, 0) is 43.7 Å². The number of aryl methyl sites for hydroxylation is 1. The number of imide groups is 1. The van der Waals surface area contributed by atoms with Crippen LogP contribution in [0.25, 0.3) is 10.6 Å². The summed E-state index contributed by atoms with van der Waals surface area (Å²) in [7, 11) is 0. The average Bonchev–Trinajstić information content (AvgIpc) is 3.11. The van der Waals surface area contributed by atoms with Crippen molar-refractivity contribution in [1.82, 2.24) is 4.98 Å². The van der Waals surface area contributed by atoms with E-state index in [9.17, 15) is 14.4 Å². The van der Waals surface area contributed by atoms with E-state index in [0.29, 0.717) is 51.2 Å². The number of hydrogen-bond donors (Lipinski definition) is 1. The molecule has 152 valence electrons. The Morgan fingerprint density at radius 3 is 2.40 bits per heavy atom. The second kappa shape index (κ2) is 8.38. The summed E-state index contributed by atoms with van der Waals surface area (Å²) in [5.74, 6) is -0.674. The molecule has 0 aliphatic carbocycles. The zero-order valence-corrected chi connectivity index (χ0v) is 17.7. The molecule has 1 saturated heterocycles. The Labute approximate surface area is 182 Å². The van der Waals surface area contributed by atoms with Gasteiger partial charge in [0.05, 0.1) is 16.4 Å². The first kappa shape index (κ1) is 20.3. The highest BCUT2D eigenvalue weighted by atomic mass is 35.5. The van der Waals surface area contributed by atoms with E-state index in [1.807, 2.05) is 18.2 Å². The summed E-state index contributed by atoms with van der Waals surface area (Å²) >= 11 is 7.52. The molecule has 0 radical (unpaired) electrons. The molecule has 1 aromatic heterocycles. The number of amides is 3. The van der Waals surface area contributed by atoms with Gasteiger partial charge in [-0.1, -0.05) is 29.8 Å². The molecular weight excluding hydrogens is 422 g/mol. The molecule has 0 bridgehead atoms. The maximum Gasteiger partial charge on any atom is 0.267 e. The van der Waals surface area contributed by atoms with E-state index in [1.165, 1.54) is 16.2 Å². The van der Waals surface area contributed by atoms with Gasteiger partial charge in [0, 0.05) is 24.1 Å². The number of thiazole rings is 1. The minimum absolute atomic E-state index is 0.199. The molecule has 3 aromatic rings. The van der Waals surface area contributed by atoms with Crippen LogP contribution >= 0.6 is 22.9 Å². The van der Waals surface area contributed by atoms with Crippen LogP contribution in [0.5, 0.6) is 0 Å². The van der Waals surface area contributed by atoms with Gasteiger partial charge in [-0.25, -0.2) is 4.98 Å². The van der Waals surface area contributed by atoms with E-state index < -0.39 is 0 Å². The molecule has 8 heteroatoms. The molecule has 0 unspecified atom stereocenters. The number of aromatic nitrogens is 1. The van der Waals surface area contributed by atoms with E-state index in [4.69, 9.17) is 11.6 Å². The SMILES string of the molecule is Cc1nc(-c2ccccc2Cl)sc1C(=O)Nc1ccc(N2C(=O)CCCC2=O)cc1. The summed E-state index contributed by atoms with van der Waals surface area (Å²) in [6.45, 7) is 1.78. The number of nitrogens with zero attached hydrogens (tertiary/aromatic N) is 2. The quantitative estimate of drug-likeness (QED) is 0.575. The van der Waals surface area contributed by atoms with Crippen LogP contribution < -0.4 is 10.2 Å². The van der Waals surface area contributed by atoms with Gasteiger partial charge in [-0.15, -0.1) is 11.3 Å². The summed E-state index contributed by atoms with van der Waals surface area (Å²) in [4.78, 5) is 43.1. The van der Waals surface area contributed by atoms with Gasteiger partial charge in [0.1, 0.15) is 9.88 Å². The number of anilines is 2. The van der Waals surface area contributed by atoms with Crippen LogP contribution in [-0.2, 0) is 9.59 Å². The highest BCUT2D eigenvalue weighted by Gasteiger charge is 2.27. The topological polar surface area (TPSA) is 79.4 Å². The normalized spacial score (nSPS) is 14.1. The van der Waals surface area contributed by atoms with Gasteiger partial charge in [0.15, 0.2) is 0 Å². The second-order valence-corrected chi connectivity index (χ2v) is 8.30. The van der Waals surface area contributed by atoms with Gasteiger partial charge < -0.3 is 5.32 Å². The number of benzene rings is 2. The molecule has 6 nitrogen and oxygen atoms in total. The van der Waals surface area contributed by atoms with Crippen LogP contribution in [0, 0.1) is 6.92 Å². The summed E-state index contributed by atoms with van der Waals surface area (Å²) in [6, 6.07) is 14.0. The maximum absolute atomic E-state index is 12.8. The molecule has 2 heterocycles. The van der Waals surface area contributed by atoms with E-state index in [-0.39, 0.29) is 17.7 Å². The Kier molecular flexibility index (Phi) is 5.65. The molecule has 4 rings (SSSR count). The van der Waals surface area contributed by atoms with Crippen LogP contribution in [0.2, 0.25) is 5.02 Å². The average molecular weight is 440 g/mol. The summed E-state index contributed by atoms with van der Waals surface area (Å²) in [5.41, 5.74) is 2.48. The van der Waals surface area contributed by atoms with E-state index in [0.717, 1.165) is 5.56 Å². The number of hydrogen-bond acceptors (Lipinski definition) is 5. The molecule has 2 aromatic carbocycles. The van der Waals surface area contributed by atoms with E-state index in [2.05, 4.69) is 10.3 Å². The van der Waals surface area contributed by atoms with Crippen LogP contribution in [0.4, 0.5) is 11.4 Å². The fraction of sp³-hybridized carbons (Fsp3) is 0.182. The monoisotopic (exact) mass is 439 g/mol. The Bertz CT molecular complexity index is 1120. The Hall–Kier alpha value is -3.03. The molecule has 1 aliphatic rings. The molecule has 0 atom stereocenters. The fourth-order valence-corrected chi connectivity index (χ4v) is 4.56. The summed E-state index contributed by atoms with van der Waals surface area (Å²) < 4.78 is 0. The first-order valence-corrected chi connectivity index (χ1v) is 10.6. The predicted octanol–water partition coefficient (Wildman–Crippen LogP) is 5.07. The van der Waals surface area contributed by atoms with Crippen molar-refractivity contribution in [2.24, 2.45) is 0 Å². The number of halogens is 1. The van der Waals surface area contributed by atoms with Crippen molar-refractivity contribution in [2.45, 2.75) is 26.2 Å². The van der Waals surface area contributed by atoms with E-state index in [1.54, 1.807) is 37.3 Å². The highest BCUT2D eigenvalue weighted by Crippen LogP contribution is 2.33. The first-order valence-electron chi connectivity index (χ1n) is 9.43. The molecule has 1 fully saturated rings. The third-order valence-corrected chi connectivity index (χ3v) is 6.29. The van der Waals surface area contributed by atoms with Gasteiger partial charge in [0.2, 0.25) is 11.8 Å². The molecular formula is C22H18ClN3O3S. The fourth-order valence-electron chi connectivity index (χ4n) is 3.28. The molecule has 3 amide bonds. The number of rotatable bonds is 4. The van der Waals surface area contributed by atoms with Gasteiger partial charge >= 0.3 is 0 Å². The summed E-state index contributed by atoms with van der Waals surface area (Å²) in [5, 5.41) is 4.10. The second-order valence-electron chi connectivity index (χ2n) is 6.89.